The SMILES string of the molecule is CC1=CCc2c(N)cccc2C(C(O)Cn2ccc3ccccc32)=C1. The van der Waals surface area contributed by atoms with Gasteiger partial charge in [0, 0.05) is 17.4 Å². The van der Waals surface area contributed by atoms with Crippen LogP contribution in [0.4, 0.5) is 5.69 Å². The molecule has 0 bridgehead atoms. The van der Waals surface area contributed by atoms with Gasteiger partial charge in [0.2, 0.25) is 0 Å². The quantitative estimate of drug-likeness (QED) is 0.708. The van der Waals surface area contributed by atoms with Crippen molar-refractivity contribution in [3.05, 3.63) is 83.6 Å². The second-order valence-corrected chi connectivity index (χ2v) is 6.67. The van der Waals surface area contributed by atoms with Crippen LogP contribution < -0.4 is 5.73 Å². The average molecular weight is 330 g/mol. The van der Waals surface area contributed by atoms with Crippen LogP contribution in [0.5, 0.6) is 0 Å². The second kappa shape index (κ2) is 6.26. The summed E-state index contributed by atoms with van der Waals surface area (Å²) in [6, 6.07) is 16.3. The largest absolute Gasteiger partial charge is 0.398 e. The Balaban J connectivity index is 1.73. The molecule has 2 aromatic carbocycles. The molecular formula is C22H22N2O. The molecule has 3 heteroatoms. The molecule has 0 saturated carbocycles. The van der Waals surface area contributed by atoms with Crippen LogP contribution in [0.3, 0.4) is 0 Å². The zero-order valence-electron chi connectivity index (χ0n) is 14.3. The molecule has 4 rings (SSSR count). The smallest absolute Gasteiger partial charge is 0.0974 e. The van der Waals surface area contributed by atoms with Crippen molar-refractivity contribution in [3.63, 3.8) is 0 Å². The van der Waals surface area contributed by atoms with Crippen molar-refractivity contribution in [1.29, 1.82) is 0 Å². The van der Waals surface area contributed by atoms with Crippen LogP contribution in [0.15, 0.2) is 72.5 Å². The molecule has 126 valence electrons. The first-order valence-corrected chi connectivity index (χ1v) is 8.61. The molecule has 1 atom stereocenters. The minimum Gasteiger partial charge on any atom is -0.398 e. The highest BCUT2D eigenvalue weighted by Crippen LogP contribution is 2.32. The molecule has 0 fully saturated rings. The lowest BCUT2D eigenvalue weighted by Gasteiger charge is -2.19. The number of aliphatic hydroxyl groups excluding tert-OH is 1. The number of aliphatic hydroxyl groups is 1. The Kier molecular flexibility index (Phi) is 3.94. The number of rotatable bonds is 3. The summed E-state index contributed by atoms with van der Waals surface area (Å²) in [7, 11) is 0. The van der Waals surface area contributed by atoms with Crippen LogP contribution >= 0.6 is 0 Å². The zero-order chi connectivity index (χ0) is 17.4. The molecule has 3 aromatic rings. The minimum absolute atomic E-state index is 0.515. The van der Waals surface area contributed by atoms with Gasteiger partial charge in [0.05, 0.1) is 12.6 Å². The van der Waals surface area contributed by atoms with Crippen molar-refractivity contribution in [1.82, 2.24) is 4.57 Å². The van der Waals surface area contributed by atoms with E-state index in [4.69, 9.17) is 5.73 Å². The van der Waals surface area contributed by atoms with E-state index in [9.17, 15) is 5.11 Å². The molecule has 0 spiro atoms. The third-order valence-electron chi connectivity index (χ3n) is 4.94. The number of aromatic nitrogens is 1. The summed E-state index contributed by atoms with van der Waals surface area (Å²) in [5, 5.41) is 12.2. The molecule has 0 amide bonds. The fourth-order valence-corrected chi connectivity index (χ4v) is 3.61. The third kappa shape index (κ3) is 2.87. The van der Waals surface area contributed by atoms with E-state index in [-0.39, 0.29) is 0 Å². The molecular weight excluding hydrogens is 308 g/mol. The molecule has 1 aliphatic rings. The van der Waals surface area contributed by atoms with Gasteiger partial charge in [-0.1, -0.05) is 48.1 Å². The Morgan fingerprint density at radius 2 is 1.96 bits per heavy atom. The minimum atomic E-state index is -0.599. The van der Waals surface area contributed by atoms with E-state index in [2.05, 4.69) is 47.9 Å². The normalized spacial score (nSPS) is 15.3. The number of nitrogens with two attached hydrogens (primary N) is 1. The fraction of sp³-hybridized carbons (Fsp3) is 0.182. The van der Waals surface area contributed by atoms with E-state index in [1.807, 2.05) is 30.5 Å². The van der Waals surface area contributed by atoms with Crippen molar-refractivity contribution < 1.29 is 5.11 Å². The van der Waals surface area contributed by atoms with E-state index >= 15 is 0 Å². The van der Waals surface area contributed by atoms with Crippen LogP contribution in [0, 0.1) is 0 Å². The Morgan fingerprint density at radius 3 is 2.84 bits per heavy atom. The molecule has 1 aliphatic carbocycles. The topological polar surface area (TPSA) is 51.2 Å². The number of nitrogens with zero attached hydrogens (tertiary/aromatic N) is 1. The van der Waals surface area contributed by atoms with Crippen molar-refractivity contribution >= 4 is 22.2 Å². The summed E-state index contributed by atoms with van der Waals surface area (Å²) >= 11 is 0. The summed E-state index contributed by atoms with van der Waals surface area (Å²) in [6.07, 6.45) is 6.49. The van der Waals surface area contributed by atoms with Crippen molar-refractivity contribution in [2.45, 2.75) is 26.0 Å². The predicted molar refractivity (Wildman–Crippen MR) is 104 cm³/mol. The van der Waals surface area contributed by atoms with Gasteiger partial charge in [-0.2, -0.15) is 0 Å². The Bertz CT molecular complexity index is 994. The van der Waals surface area contributed by atoms with Crippen molar-refractivity contribution in [2.75, 3.05) is 5.73 Å². The summed E-state index contributed by atoms with van der Waals surface area (Å²) in [6.45, 7) is 2.58. The zero-order valence-corrected chi connectivity index (χ0v) is 14.3. The van der Waals surface area contributed by atoms with Crippen molar-refractivity contribution in [3.8, 4) is 0 Å². The summed E-state index contributed by atoms with van der Waals surface area (Å²) in [5.74, 6) is 0. The van der Waals surface area contributed by atoms with Gasteiger partial charge in [0.25, 0.3) is 0 Å². The standard InChI is InChI=1S/C22H22N2O/c1-15-9-10-18-17(6-4-7-20(18)23)19(13-15)22(25)14-24-12-11-16-5-2-3-8-21(16)24/h2-9,11-13,22,25H,10,14,23H2,1H3. The highest BCUT2D eigenvalue weighted by Gasteiger charge is 2.20. The lowest BCUT2D eigenvalue weighted by molar-refractivity contribution is 0.212. The Morgan fingerprint density at radius 1 is 1.12 bits per heavy atom. The van der Waals surface area contributed by atoms with E-state index in [0.29, 0.717) is 6.54 Å². The second-order valence-electron chi connectivity index (χ2n) is 6.67. The van der Waals surface area contributed by atoms with E-state index in [1.54, 1.807) is 0 Å². The van der Waals surface area contributed by atoms with Gasteiger partial charge in [-0.05, 0) is 53.6 Å². The number of hydrogen-bond donors (Lipinski definition) is 2. The molecule has 25 heavy (non-hydrogen) atoms. The molecule has 3 N–H and O–H groups in total. The molecule has 3 nitrogen and oxygen atoms in total. The van der Waals surface area contributed by atoms with Gasteiger partial charge in [-0.25, -0.2) is 0 Å². The maximum absolute atomic E-state index is 11.0. The van der Waals surface area contributed by atoms with Gasteiger partial charge in [-0.15, -0.1) is 0 Å². The maximum atomic E-state index is 11.0. The summed E-state index contributed by atoms with van der Waals surface area (Å²) in [4.78, 5) is 0. The lowest BCUT2D eigenvalue weighted by atomic mass is 9.93. The molecule has 1 unspecified atom stereocenters. The Labute approximate surface area is 147 Å². The molecule has 1 aromatic heterocycles. The molecule has 0 aliphatic heterocycles. The fourth-order valence-electron chi connectivity index (χ4n) is 3.61. The van der Waals surface area contributed by atoms with Gasteiger partial charge in [-0.3, -0.25) is 0 Å². The number of para-hydroxylation sites is 1. The first-order valence-electron chi connectivity index (χ1n) is 8.61. The molecule has 0 radical (unpaired) electrons. The van der Waals surface area contributed by atoms with Crippen LogP contribution in [0.2, 0.25) is 0 Å². The lowest BCUT2D eigenvalue weighted by Crippen LogP contribution is -2.18. The number of nitrogen functional groups attached to an aromatic ring is 1. The highest BCUT2D eigenvalue weighted by molar-refractivity contribution is 5.81. The number of allylic oxidation sites excluding steroid dienone is 3. The number of benzene rings is 2. The Hall–Kier alpha value is -2.78. The number of fused-ring (bicyclic) bond motifs is 2. The van der Waals surface area contributed by atoms with E-state index in [0.717, 1.165) is 39.9 Å². The van der Waals surface area contributed by atoms with Gasteiger partial charge >= 0.3 is 0 Å². The van der Waals surface area contributed by atoms with Gasteiger partial charge in [0.15, 0.2) is 0 Å². The highest BCUT2D eigenvalue weighted by atomic mass is 16.3. The summed E-state index contributed by atoms with van der Waals surface area (Å²) in [5.41, 5.74) is 12.3. The molecule has 1 heterocycles. The first kappa shape index (κ1) is 15.7. The van der Waals surface area contributed by atoms with Crippen LogP contribution in [0.25, 0.3) is 16.5 Å². The van der Waals surface area contributed by atoms with Crippen LogP contribution in [-0.2, 0) is 13.0 Å². The van der Waals surface area contributed by atoms with Gasteiger partial charge < -0.3 is 15.4 Å². The van der Waals surface area contributed by atoms with E-state index < -0.39 is 6.10 Å². The predicted octanol–water partition coefficient (Wildman–Crippen LogP) is 4.17. The van der Waals surface area contributed by atoms with Gasteiger partial charge in [0.1, 0.15) is 0 Å². The third-order valence-corrected chi connectivity index (χ3v) is 4.94. The maximum Gasteiger partial charge on any atom is 0.0974 e. The first-order chi connectivity index (χ1) is 12.1. The van der Waals surface area contributed by atoms with Crippen molar-refractivity contribution in [2.24, 2.45) is 0 Å². The monoisotopic (exact) mass is 330 g/mol. The van der Waals surface area contributed by atoms with E-state index in [1.165, 1.54) is 5.39 Å². The van der Waals surface area contributed by atoms with Crippen LogP contribution in [0.1, 0.15) is 18.1 Å². The molecule has 0 saturated heterocycles. The van der Waals surface area contributed by atoms with Crippen LogP contribution in [-0.4, -0.2) is 15.8 Å². The summed E-state index contributed by atoms with van der Waals surface area (Å²) < 4.78 is 2.11. The number of anilines is 1. The average Bonchev–Trinajstić information content (AvgIpc) is 2.92. The number of hydrogen-bond acceptors (Lipinski definition) is 2.